The molecule has 0 bridgehead atoms. The van der Waals surface area contributed by atoms with E-state index in [-0.39, 0.29) is 17.9 Å². The van der Waals surface area contributed by atoms with Gasteiger partial charge in [-0.15, -0.1) is 0 Å². The monoisotopic (exact) mass is 289 g/mol. The fourth-order valence-electron chi connectivity index (χ4n) is 2.59. The van der Waals surface area contributed by atoms with E-state index in [1.807, 2.05) is 13.8 Å². The van der Waals surface area contributed by atoms with Gasteiger partial charge in [0.05, 0.1) is 0 Å². The normalized spacial score (nSPS) is 19.3. The number of aryl methyl sites for hydroxylation is 1. The zero-order chi connectivity index (χ0) is 15.4. The summed E-state index contributed by atoms with van der Waals surface area (Å²) in [6.45, 7) is 5.10. The van der Waals surface area contributed by atoms with Gasteiger partial charge in [-0.2, -0.15) is 0 Å². The fourth-order valence-corrected chi connectivity index (χ4v) is 2.59. The molecule has 0 radical (unpaired) electrons. The quantitative estimate of drug-likeness (QED) is 0.880. The van der Waals surface area contributed by atoms with E-state index in [4.69, 9.17) is 5.73 Å². The summed E-state index contributed by atoms with van der Waals surface area (Å²) in [6.07, 6.45) is 1.49. The molecule has 0 spiro atoms. The first-order valence-electron chi connectivity index (χ1n) is 7.36. The van der Waals surface area contributed by atoms with Gasteiger partial charge in [-0.05, 0) is 25.3 Å². The lowest BCUT2D eigenvalue weighted by atomic mass is 9.99. The van der Waals surface area contributed by atoms with Gasteiger partial charge in [0.1, 0.15) is 0 Å². The van der Waals surface area contributed by atoms with Gasteiger partial charge in [0, 0.05) is 25.0 Å². The molecule has 2 atom stereocenters. The molecule has 0 aliphatic carbocycles. The van der Waals surface area contributed by atoms with Gasteiger partial charge >= 0.3 is 6.03 Å². The summed E-state index contributed by atoms with van der Waals surface area (Å²) in [5, 5.41) is 3.01. The molecule has 0 saturated carbocycles. The van der Waals surface area contributed by atoms with Gasteiger partial charge < -0.3 is 16.0 Å². The summed E-state index contributed by atoms with van der Waals surface area (Å²) in [5.41, 5.74) is 7.62. The van der Waals surface area contributed by atoms with Crippen LogP contribution in [0.4, 0.5) is 4.79 Å². The van der Waals surface area contributed by atoms with Crippen molar-refractivity contribution in [2.45, 2.75) is 32.7 Å². The predicted octanol–water partition coefficient (Wildman–Crippen LogP) is 1.44. The maximum atomic E-state index is 12.2. The molecule has 1 heterocycles. The Labute approximate surface area is 125 Å². The Hall–Kier alpha value is -2.04. The molecule has 2 rings (SSSR count). The predicted molar refractivity (Wildman–Crippen MR) is 81.8 cm³/mol. The third-order valence-corrected chi connectivity index (χ3v) is 3.96. The standard InChI is InChI=1S/C16H23N3O2/c1-11-3-5-13(6-4-11)9-12(2)15(20)18-14-7-8-19(10-14)16(17)21/h3-6,12,14H,7-10H2,1-2H3,(H2,17,21)(H,18,20)/t12-,14+/m0/s1. The highest BCUT2D eigenvalue weighted by atomic mass is 16.2. The first kappa shape index (κ1) is 15.4. The van der Waals surface area contributed by atoms with Crippen LogP contribution in [0.3, 0.4) is 0 Å². The highest BCUT2D eigenvalue weighted by Gasteiger charge is 2.27. The molecule has 1 saturated heterocycles. The minimum atomic E-state index is -0.417. The summed E-state index contributed by atoms with van der Waals surface area (Å²) in [4.78, 5) is 24.8. The van der Waals surface area contributed by atoms with E-state index in [0.29, 0.717) is 13.1 Å². The minimum Gasteiger partial charge on any atom is -0.351 e. The Kier molecular flexibility index (Phi) is 4.83. The zero-order valence-corrected chi connectivity index (χ0v) is 12.6. The van der Waals surface area contributed by atoms with Gasteiger partial charge in [-0.3, -0.25) is 4.79 Å². The van der Waals surface area contributed by atoms with Crippen molar-refractivity contribution >= 4 is 11.9 Å². The molecule has 3 N–H and O–H groups in total. The lowest BCUT2D eigenvalue weighted by molar-refractivity contribution is -0.125. The molecule has 1 aliphatic rings. The maximum absolute atomic E-state index is 12.2. The van der Waals surface area contributed by atoms with Crippen LogP contribution in [0.15, 0.2) is 24.3 Å². The summed E-state index contributed by atoms with van der Waals surface area (Å²) in [6, 6.07) is 7.83. The number of hydrogen-bond donors (Lipinski definition) is 2. The molecule has 5 heteroatoms. The summed E-state index contributed by atoms with van der Waals surface area (Å²) < 4.78 is 0. The van der Waals surface area contributed by atoms with E-state index in [0.717, 1.165) is 18.4 Å². The number of likely N-dealkylation sites (tertiary alicyclic amines) is 1. The molecular weight excluding hydrogens is 266 g/mol. The lowest BCUT2D eigenvalue weighted by Gasteiger charge is -2.17. The number of rotatable bonds is 4. The van der Waals surface area contributed by atoms with E-state index in [2.05, 4.69) is 29.6 Å². The second-order valence-electron chi connectivity index (χ2n) is 5.87. The Balaban J connectivity index is 1.83. The van der Waals surface area contributed by atoms with Crippen LogP contribution in [-0.4, -0.2) is 36.0 Å². The number of amides is 3. The van der Waals surface area contributed by atoms with Gasteiger partial charge in [0.15, 0.2) is 0 Å². The number of carbonyl (C=O) groups is 2. The Morgan fingerprint density at radius 2 is 2.05 bits per heavy atom. The van der Waals surface area contributed by atoms with Crippen LogP contribution in [0.5, 0.6) is 0 Å². The highest BCUT2D eigenvalue weighted by Crippen LogP contribution is 2.13. The van der Waals surface area contributed by atoms with Crippen molar-refractivity contribution in [2.24, 2.45) is 11.7 Å². The number of hydrogen-bond acceptors (Lipinski definition) is 2. The lowest BCUT2D eigenvalue weighted by Crippen LogP contribution is -2.42. The highest BCUT2D eigenvalue weighted by molar-refractivity contribution is 5.79. The van der Waals surface area contributed by atoms with E-state index in [1.165, 1.54) is 5.56 Å². The molecule has 0 aromatic heterocycles. The number of carbonyl (C=O) groups excluding carboxylic acids is 2. The van der Waals surface area contributed by atoms with Gasteiger partial charge in [-0.1, -0.05) is 36.8 Å². The second-order valence-corrected chi connectivity index (χ2v) is 5.87. The molecular formula is C16H23N3O2. The zero-order valence-electron chi connectivity index (χ0n) is 12.6. The van der Waals surface area contributed by atoms with Crippen LogP contribution in [0.25, 0.3) is 0 Å². The smallest absolute Gasteiger partial charge is 0.314 e. The number of benzene rings is 1. The van der Waals surface area contributed by atoms with Gasteiger partial charge in [0.25, 0.3) is 0 Å². The summed E-state index contributed by atoms with van der Waals surface area (Å²) in [5.74, 6) is -0.0535. The molecule has 114 valence electrons. The topological polar surface area (TPSA) is 75.4 Å². The van der Waals surface area contributed by atoms with Crippen molar-refractivity contribution in [1.29, 1.82) is 0 Å². The van der Waals surface area contributed by atoms with Crippen molar-refractivity contribution in [2.75, 3.05) is 13.1 Å². The van der Waals surface area contributed by atoms with Crippen LogP contribution in [0.2, 0.25) is 0 Å². The molecule has 5 nitrogen and oxygen atoms in total. The van der Waals surface area contributed by atoms with Crippen LogP contribution in [0, 0.1) is 12.8 Å². The second kappa shape index (κ2) is 6.61. The van der Waals surface area contributed by atoms with E-state index in [1.54, 1.807) is 4.90 Å². The number of nitrogens with two attached hydrogens (primary N) is 1. The van der Waals surface area contributed by atoms with Crippen molar-refractivity contribution in [1.82, 2.24) is 10.2 Å². The molecule has 1 aliphatic heterocycles. The molecule has 3 amide bonds. The molecule has 1 aromatic carbocycles. The third-order valence-electron chi connectivity index (χ3n) is 3.96. The molecule has 1 aromatic rings. The van der Waals surface area contributed by atoms with E-state index < -0.39 is 6.03 Å². The first-order chi connectivity index (χ1) is 9.95. The Morgan fingerprint density at radius 3 is 2.62 bits per heavy atom. The average molecular weight is 289 g/mol. The molecule has 0 unspecified atom stereocenters. The Morgan fingerprint density at radius 1 is 1.38 bits per heavy atom. The van der Waals surface area contributed by atoms with E-state index >= 15 is 0 Å². The van der Waals surface area contributed by atoms with Crippen molar-refractivity contribution in [3.8, 4) is 0 Å². The number of urea groups is 1. The van der Waals surface area contributed by atoms with Crippen LogP contribution < -0.4 is 11.1 Å². The van der Waals surface area contributed by atoms with Crippen LogP contribution in [-0.2, 0) is 11.2 Å². The number of nitrogens with zero attached hydrogens (tertiary/aromatic N) is 1. The first-order valence-corrected chi connectivity index (χ1v) is 7.36. The SMILES string of the molecule is Cc1ccc(C[C@H](C)C(=O)N[C@@H]2CCN(C(N)=O)C2)cc1. The van der Waals surface area contributed by atoms with Crippen molar-refractivity contribution in [3.05, 3.63) is 35.4 Å². The number of primary amides is 1. The molecule has 21 heavy (non-hydrogen) atoms. The maximum Gasteiger partial charge on any atom is 0.314 e. The summed E-state index contributed by atoms with van der Waals surface area (Å²) in [7, 11) is 0. The fraction of sp³-hybridized carbons (Fsp3) is 0.500. The molecule has 1 fully saturated rings. The van der Waals surface area contributed by atoms with Crippen molar-refractivity contribution < 1.29 is 9.59 Å². The van der Waals surface area contributed by atoms with Gasteiger partial charge in [0.2, 0.25) is 5.91 Å². The van der Waals surface area contributed by atoms with Crippen LogP contribution >= 0.6 is 0 Å². The number of nitrogens with one attached hydrogen (secondary N) is 1. The largest absolute Gasteiger partial charge is 0.351 e. The third kappa shape index (κ3) is 4.21. The Bertz CT molecular complexity index is 513. The summed E-state index contributed by atoms with van der Waals surface area (Å²) >= 11 is 0. The average Bonchev–Trinajstić information content (AvgIpc) is 2.90. The minimum absolute atomic E-state index is 0.0190. The van der Waals surface area contributed by atoms with Crippen molar-refractivity contribution in [3.63, 3.8) is 0 Å². The van der Waals surface area contributed by atoms with Gasteiger partial charge in [-0.25, -0.2) is 4.79 Å². The van der Waals surface area contributed by atoms with Crippen LogP contribution in [0.1, 0.15) is 24.5 Å². The van der Waals surface area contributed by atoms with E-state index in [9.17, 15) is 9.59 Å².